The van der Waals surface area contributed by atoms with E-state index in [9.17, 15) is 9.90 Å². The lowest BCUT2D eigenvalue weighted by molar-refractivity contribution is 0.0699. The van der Waals surface area contributed by atoms with Crippen LogP contribution in [0.2, 0.25) is 0 Å². The van der Waals surface area contributed by atoms with Gasteiger partial charge in [-0.3, -0.25) is 0 Å². The van der Waals surface area contributed by atoms with Gasteiger partial charge in [-0.15, -0.1) is 0 Å². The number of carboxylic acid groups (broad SMARTS) is 1. The molecule has 0 saturated carbocycles. The van der Waals surface area contributed by atoms with Crippen molar-refractivity contribution in [3.05, 3.63) is 90.3 Å². The molecule has 6 heteroatoms. The Bertz CT molecular complexity index is 1160. The molecule has 1 N–H and O–H groups in total. The highest BCUT2D eigenvalue weighted by Crippen LogP contribution is 2.28. The normalized spacial score (nSPS) is 11.9. The third-order valence-electron chi connectivity index (χ3n) is 5.26. The summed E-state index contributed by atoms with van der Waals surface area (Å²) in [5.41, 5.74) is 1.22. The summed E-state index contributed by atoms with van der Waals surface area (Å²) in [5, 5.41) is 12.0. The van der Waals surface area contributed by atoms with Crippen LogP contribution in [0.4, 0.5) is 0 Å². The van der Waals surface area contributed by atoms with E-state index in [2.05, 4.69) is 45.0 Å². The molecule has 0 aliphatic carbocycles. The number of rotatable bonds is 6. The van der Waals surface area contributed by atoms with E-state index < -0.39 is 15.0 Å². The Morgan fingerprint density at radius 2 is 1.52 bits per heavy atom. The zero-order valence-electron chi connectivity index (χ0n) is 17.9. The van der Waals surface area contributed by atoms with Crippen molar-refractivity contribution in [1.82, 2.24) is 9.55 Å². The number of carbonyl (C=O) groups is 1. The van der Waals surface area contributed by atoms with E-state index in [0.29, 0.717) is 12.2 Å². The smallest absolute Gasteiger partial charge is 0.337 e. The minimum absolute atomic E-state index is 0.210. The number of hydrogen-bond donors (Lipinski definition) is 1. The van der Waals surface area contributed by atoms with Crippen LogP contribution in [0.1, 0.15) is 37.0 Å². The Labute approximate surface area is 183 Å². The van der Waals surface area contributed by atoms with Gasteiger partial charge in [-0.2, -0.15) is 0 Å². The maximum absolute atomic E-state index is 11.7. The number of carboxylic acids is 1. The van der Waals surface area contributed by atoms with Crippen molar-refractivity contribution in [3.63, 3.8) is 0 Å². The van der Waals surface area contributed by atoms with Crippen molar-refractivity contribution in [2.75, 3.05) is 0 Å². The van der Waals surface area contributed by atoms with Crippen LogP contribution in [0.3, 0.4) is 0 Å². The summed E-state index contributed by atoms with van der Waals surface area (Å²) in [5.74, 6) is -0.164. The Morgan fingerprint density at radius 1 is 0.935 bits per heavy atom. The molecular weight excluding hydrogens is 404 g/mol. The number of aromatic carboxylic acids is 1. The molecule has 1 heterocycles. The van der Waals surface area contributed by atoms with E-state index in [4.69, 9.17) is 9.41 Å². The molecule has 31 heavy (non-hydrogen) atoms. The van der Waals surface area contributed by atoms with E-state index >= 15 is 0 Å². The predicted octanol–water partition coefficient (Wildman–Crippen LogP) is 3.54. The molecule has 158 valence electrons. The van der Waals surface area contributed by atoms with Gasteiger partial charge in [-0.1, -0.05) is 87.5 Å². The highest BCUT2D eigenvalue weighted by molar-refractivity contribution is 6.79. The molecule has 0 aliphatic heterocycles. The van der Waals surface area contributed by atoms with Gasteiger partial charge in [0.2, 0.25) is 9.04 Å². The maximum Gasteiger partial charge on any atom is 0.337 e. The van der Waals surface area contributed by atoms with Crippen molar-refractivity contribution < 1.29 is 14.3 Å². The number of nitrogens with zero attached hydrogens (tertiary/aromatic N) is 2. The molecule has 3 aromatic carbocycles. The standard InChI is InChI=1S/C25H26N2O3Si/c1-25(2,3)24-26-22-20(23(28)29)15-10-16-21(22)27(24)17-30-31(18-11-6-4-7-12-18)19-13-8-5-9-14-19/h4-16,31H,17H2,1-3H3,(H,28,29). The minimum Gasteiger partial charge on any atom is -0.478 e. The first-order valence-corrected chi connectivity index (χ1v) is 11.9. The topological polar surface area (TPSA) is 64.3 Å². The van der Waals surface area contributed by atoms with Crippen LogP contribution < -0.4 is 10.4 Å². The average Bonchev–Trinajstić information content (AvgIpc) is 3.15. The van der Waals surface area contributed by atoms with Gasteiger partial charge in [0.25, 0.3) is 0 Å². The molecule has 0 atom stereocenters. The zero-order valence-corrected chi connectivity index (χ0v) is 19.1. The van der Waals surface area contributed by atoms with Gasteiger partial charge in [-0.05, 0) is 22.5 Å². The predicted molar refractivity (Wildman–Crippen MR) is 126 cm³/mol. The van der Waals surface area contributed by atoms with Crippen LogP contribution in [0, 0.1) is 0 Å². The van der Waals surface area contributed by atoms with Crippen molar-refractivity contribution >= 4 is 36.4 Å². The molecule has 0 spiro atoms. The van der Waals surface area contributed by atoms with Crippen LogP contribution in [0.5, 0.6) is 0 Å². The summed E-state index contributed by atoms with van der Waals surface area (Å²) in [6.07, 6.45) is 0. The number of fused-ring (bicyclic) bond motifs is 1. The number of imidazole rings is 1. The summed E-state index contributed by atoms with van der Waals surface area (Å²) >= 11 is 0. The molecule has 0 unspecified atom stereocenters. The van der Waals surface area contributed by atoms with Crippen LogP contribution in [0.15, 0.2) is 78.9 Å². The monoisotopic (exact) mass is 430 g/mol. The molecule has 0 aliphatic rings. The first kappa shape index (κ1) is 21.0. The summed E-state index contributed by atoms with van der Waals surface area (Å²) in [6.45, 7) is 6.55. The van der Waals surface area contributed by atoms with Gasteiger partial charge in [-0.25, -0.2) is 9.78 Å². The molecule has 0 radical (unpaired) electrons. The molecule has 1 aromatic heterocycles. The fourth-order valence-corrected chi connectivity index (χ4v) is 6.02. The molecule has 0 amide bonds. The van der Waals surface area contributed by atoms with Gasteiger partial charge in [0.05, 0.1) is 11.1 Å². The molecule has 0 fully saturated rings. The van der Waals surface area contributed by atoms with E-state index in [1.54, 1.807) is 12.1 Å². The lowest BCUT2D eigenvalue weighted by Crippen LogP contribution is -2.45. The quantitative estimate of drug-likeness (QED) is 0.475. The average molecular weight is 431 g/mol. The molecular formula is C25H26N2O3Si. The lowest BCUT2D eigenvalue weighted by Gasteiger charge is -2.23. The summed E-state index contributed by atoms with van der Waals surface area (Å²) in [7, 11) is -1.95. The summed E-state index contributed by atoms with van der Waals surface area (Å²) in [4.78, 5) is 16.5. The summed E-state index contributed by atoms with van der Waals surface area (Å²) < 4.78 is 8.64. The molecule has 4 rings (SSSR count). The van der Waals surface area contributed by atoms with Crippen LogP contribution >= 0.6 is 0 Å². The lowest BCUT2D eigenvalue weighted by atomic mass is 9.96. The Balaban J connectivity index is 1.78. The summed E-state index contributed by atoms with van der Waals surface area (Å²) in [6, 6.07) is 25.9. The van der Waals surface area contributed by atoms with Gasteiger partial charge in [0, 0.05) is 5.41 Å². The number of para-hydroxylation sites is 1. The number of aromatic nitrogens is 2. The highest BCUT2D eigenvalue weighted by atomic mass is 28.3. The molecule has 5 nitrogen and oxygen atoms in total. The Hall–Kier alpha value is -3.22. The largest absolute Gasteiger partial charge is 0.478 e. The van der Waals surface area contributed by atoms with E-state index in [0.717, 1.165) is 11.3 Å². The SMILES string of the molecule is CC(C)(C)c1nc2c(C(=O)O)cccc2n1CO[SiH](c1ccccc1)c1ccccc1. The van der Waals surface area contributed by atoms with Crippen LogP contribution in [-0.4, -0.2) is 29.7 Å². The fourth-order valence-electron chi connectivity index (χ4n) is 3.81. The van der Waals surface area contributed by atoms with Crippen molar-refractivity contribution in [2.45, 2.75) is 32.9 Å². The zero-order chi connectivity index (χ0) is 22.0. The van der Waals surface area contributed by atoms with E-state index in [1.165, 1.54) is 10.4 Å². The maximum atomic E-state index is 11.7. The van der Waals surface area contributed by atoms with Gasteiger partial charge in [0.1, 0.15) is 18.1 Å². The van der Waals surface area contributed by atoms with Crippen molar-refractivity contribution in [3.8, 4) is 0 Å². The molecule has 0 bridgehead atoms. The van der Waals surface area contributed by atoms with Crippen LogP contribution in [0.25, 0.3) is 11.0 Å². The second-order valence-corrected chi connectivity index (χ2v) is 11.0. The van der Waals surface area contributed by atoms with E-state index in [-0.39, 0.29) is 11.0 Å². The Morgan fingerprint density at radius 3 is 2.03 bits per heavy atom. The minimum atomic E-state index is -1.95. The van der Waals surface area contributed by atoms with Crippen molar-refractivity contribution in [2.24, 2.45) is 0 Å². The molecule has 0 saturated heterocycles. The second kappa shape index (κ2) is 8.49. The third-order valence-corrected chi connectivity index (χ3v) is 7.72. The highest BCUT2D eigenvalue weighted by Gasteiger charge is 2.26. The van der Waals surface area contributed by atoms with Gasteiger partial charge in [0.15, 0.2) is 0 Å². The second-order valence-electron chi connectivity index (χ2n) is 8.59. The fraction of sp³-hybridized carbons (Fsp3) is 0.200. The first-order chi connectivity index (χ1) is 14.9. The molecule has 4 aromatic rings. The van der Waals surface area contributed by atoms with Gasteiger partial charge >= 0.3 is 5.97 Å². The van der Waals surface area contributed by atoms with Crippen molar-refractivity contribution in [1.29, 1.82) is 0 Å². The van der Waals surface area contributed by atoms with Gasteiger partial charge < -0.3 is 14.1 Å². The van der Waals surface area contributed by atoms with Crippen LogP contribution in [-0.2, 0) is 16.6 Å². The number of hydrogen-bond acceptors (Lipinski definition) is 3. The van der Waals surface area contributed by atoms with E-state index in [1.807, 2.05) is 47.0 Å². The third kappa shape index (κ3) is 4.31. The first-order valence-electron chi connectivity index (χ1n) is 10.3. The Kier molecular flexibility index (Phi) is 5.76. The number of benzene rings is 3.